The molecule has 6 heteroatoms. The van der Waals surface area contributed by atoms with Gasteiger partial charge in [-0.15, -0.1) is 0 Å². The lowest BCUT2D eigenvalue weighted by atomic mass is 9.99. The van der Waals surface area contributed by atoms with E-state index in [2.05, 4.69) is 213 Å². The third-order valence-corrected chi connectivity index (χ3v) is 12.7. The summed E-state index contributed by atoms with van der Waals surface area (Å²) < 4.78 is 7.38. The number of nitrogens with zero attached hydrogens (tertiary/aromatic N) is 5. The van der Waals surface area contributed by atoms with Crippen LogP contribution in [0.5, 0.6) is 0 Å². The van der Waals surface area contributed by atoms with Crippen LogP contribution in [0.25, 0.3) is 87.9 Å². The number of rotatable bonds is 6. The van der Waals surface area contributed by atoms with Gasteiger partial charge in [0, 0.05) is 54.7 Å². The Kier molecular flexibility index (Phi) is 7.87. The van der Waals surface area contributed by atoms with Gasteiger partial charge in [-0.2, -0.15) is 0 Å². The summed E-state index contributed by atoms with van der Waals surface area (Å²) in [5.41, 5.74) is 13.3. The second kappa shape index (κ2) is 14.0. The molecule has 63 heavy (non-hydrogen) atoms. The molecule has 4 heterocycles. The zero-order valence-electron chi connectivity index (χ0n) is 34.1. The average Bonchev–Trinajstić information content (AvgIpc) is 4.00. The second-order valence-corrected chi connectivity index (χ2v) is 16.2. The molecule has 13 rings (SSSR count). The van der Waals surface area contributed by atoms with Crippen molar-refractivity contribution in [2.45, 2.75) is 6.29 Å². The fourth-order valence-electron chi connectivity index (χ4n) is 10.0. The summed E-state index contributed by atoms with van der Waals surface area (Å²) in [7, 11) is 0. The van der Waals surface area contributed by atoms with Crippen molar-refractivity contribution in [3.8, 4) is 22.5 Å². The monoisotopic (exact) mass is 806 g/mol. The summed E-state index contributed by atoms with van der Waals surface area (Å²) >= 11 is 0. The number of hydrogen-bond acceptors (Lipinski definition) is 3. The number of benzene rings is 9. The normalized spacial score (nSPS) is 14.2. The van der Waals surface area contributed by atoms with Gasteiger partial charge in [0.25, 0.3) is 0 Å². The van der Waals surface area contributed by atoms with Crippen LogP contribution in [0.15, 0.2) is 228 Å². The minimum Gasteiger partial charge on any atom is -0.331 e. The Hall–Kier alpha value is -8.48. The first-order valence-corrected chi connectivity index (χ1v) is 21.5. The van der Waals surface area contributed by atoms with Crippen molar-refractivity contribution < 1.29 is 0 Å². The molecule has 1 aliphatic heterocycles. The molecule has 12 aromatic rings. The summed E-state index contributed by atoms with van der Waals surface area (Å²) in [6.07, 6.45) is -0.524. The van der Waals surface area contributed by atoms with E-state index >= 15 is 0 Å². The molecule has 0 radical (unpaired) electrons. The van der Waals surface area contributed by atoms with E-state index in [1.807, 2.05) is 24.3 Å². The Morgan fingerprint density at radius 3 is 1.49 bits per heavy atom. The molecule has 0 saturated carbocycles. The first-order chi connectivity index (χ1) is 31.3. The molecule has 0 bridgehead atoms. The van der Waals surface area contributed by atoms with E-state index in [1.54, 1.807) is 0 Å². The zero-order valence-corrected chi connectivity index (χ0v) is 34.1. The van der Waals surface area contributed by atoms with Crippen molar-refractivity contribution >= 4 is 77.1 Å². The first-order valence-electron chi connectivity index (χ1n) is 21.5. The predicted molar refractivity (Wildman–Crippen MR) is 262 cm³/mol. The summed E-state index contributed by atoms with van der Waals surface area (Å²) in [6, 6.07) is 78.0. The average molecular weight is 807 g/mol. The third-order valence-electron chi connectivity index (χ3n) is 12.7. The van der Waals surface area contributed by atoms with E-state index in [1.165, 1.54) is 32.6 Å². The summed E-state index contributed by atoms with van der Waals surface area (Å²) in [6.45, 7) is 0. The lowest BCUT2D eigenvalue weighted by Crippen LogP contribution is -2.36. The minimum absolute atomic E-state index is 0.524. The highest BCUT2D eigenvalue weighted by Crippen LogP contribution is 2.46. The highest BCUT2D eigenvalue weighted by atomic mass is 15.3. The van der Waals surface area contributed by atoms with E-state index < -0.39 is 6.29 Å². The fourth-order valence-corrected chi connectivity index (χ4v) is 10.0. The molecule has 3 aromatic heterocycles. The number of fused-ring (bicyclic) bond motifs is 10. The Morgan fingerprint density at radius 1 is 0.365 bits per heavy atom. The van der Waals surface area contributed by atoms with Crippen molar-refractivity contribution in [3.05, 3.63) is 230 Å². The molecule has 0 fully saturated rings. The maximum Gasteiger partial charge on any atom is 0.204 e. The number of aromatic nitrogens is 3. The Morgan fingerprint density at radius 2 is 0.841 bits per heavy atom. The number of aliphatic imine (C=N–C) groups is 2. The van der Waals surface area contributed by atoms with Crippen LogP contribution in [0.1, 0.15) is 17.4 Å². The van der Waals surface area contributed by atoms with Gasteiger partial charge < -0.3 is 14.5 Å². The van der Waals surface area contributed by atoms with E-state index in [0.717, 1.165) is 72.3 Å². The van der Waals surface area contributed by atoms with Crippen LogP contribution in [0.2, 0.25) is 0 Å². The molecule has 0 amide bonds. The number of amidine groups is 2. The molecule has 1 atom stereocenters. The quantitative estimate of drug-likeness (QED) is 0.179. The van der Waals surface area contributed by atoms with Gasteiger partial charge in [0.1, 0.15) is 5.84 Å². The molecular weight excluding hydrogens is 769 g/mol. The van der Waals surface area contributed by atoms with Gasteiger partial charge in [0.05, 0.1) is 38.8 Å². The molecule has 1 unspecified atom stereocenters. The number of nitrogens with one attached hydrogen (secondary N) is 1. The summed E-state index contributed by atoms with van der Waals surface area (Å²) in [5.74, 6) is 1.46. The van der Waals surface area contributed by atoms with Gasteiger partial charge in [-0.05, 0) is 42.0 Å². The zero-order chi connectivity index (χ0) is 41.4. The molecule has 0 aliphatic carbocycles. The Balaban J connectivity index is 1.19. The van der Waals surface area contributed by atoms with Crippen LogP contribution in [0.4, 0.5) is 0 Å². The standard InChI is InChI=1S/C57H38N6/c1-5-19-37(20-6-1)51-50(36-35-44-41-27-13-16-30-47(41)61(52(44)51)40-25-11-4-12-26-40)62-48-31-17-14-28-42(48)45-33-34-46-43-29-15-18-32-49(43)63(54(46)53(45)62)57-59-55(38-21-7-2-8-22-38)58-56(60-57)39-23-9-3-10-24-39/h1-36,57H,(H,58,59,60). The first kappa shape index (κ1) is 35.3. The lowest BCUT2D eigenvalue weighted by molar-refractivity contribution is 0.516. The highest BCUT2D eigenvalue weighted by molar-refractivity contribution is 6.24. The van der Waals surface area contributed by atoms with Gasteiger partial charge in [0.2, 0.25) is 6.29 Å². The van der Waals surface area contributed by atoms with Crippen LogP contribution in [0, 0.1) is 0 Å². The highest BCUT2D eigenvalue weighted by Gasteiger charge is 2.29. The van der Waals surface area contributed by atoms with Crippen molar-refractivity contribution in [2.24, 2.45) is 9.98 Å². The molecule has 0 saturated heterocycles. The van der Waals surface area contributed by atoms with Gasteiger partial charge in [-0.3, -0.25) is 4.57 Å². The Labute approximate surface area is 362 Å². The molecule has 0 spiro atoms. The van der Waals surface area contributed by atoms with Gasteiger partial charge >= 0.3 is 0 Å². The molecule has 1 N–H and O–H groups in total. The van der Waals surface area contributed by atoms with Crippen LogP contribution >= 0.6 is 0 Å². The third kappa shape index (κ3) is 5.38. The maximum absolute atomic E-state index is 5.48. The molecule has 6 nitrogen and oxygen atoms in total. The van der Waals surface area contributed by atoms with E-state index in [4.69, 9.17) is 9.98 Å². The van der Waals surface area contributed by atoms with Crippen molar-refractivity contribution in [1.29, 1.82) is 0 Å². The van der Waals surface area contributed by atoms with Crippen LogP contribution in [-0.4, -0.2) is 25.4 Å². The number of para-hydroxylation sites is 4. The van der Waals surface area contributed by atoms with E-state index in [9.17, 15) is 0 Å². The molecular formula is C57H38N6. The maximum atomic E-state index is 5.48. The van der Waals surface area contributed by atoms with Crippen LogP contribution < -0.4 is 5.32 Å². The SMILES string of the molecule is c1ccc(C2=NC(n3c4ccccc4c4ccc5c6ccccc6n(-c6ccc7c8ccccc8n(-c8ccccc8)c7c6-c6ccccc6)c5c43)NC(c3ccccc3)=N2)cc1. The van der Waals surface area contributed by atoms with Crippen molar-refractivity contribution in [1.82, 2.24) is 19.0 Å². The topological polar surface area (TPSA) is 51.5 Å². The smallest absolute Gasteiger partial charge is 0.204 e. The molecule has 9 aromatic carbocycles. The second-order valence-electron chi connectivity index (χ2n) is 16.2. The van der Waals surface area contributed by atoms with E-state index in [0.29, 0.717) is 5.84 Å². The van der Waals surface area contributed by atoms with Crippen LogP contribution in [0.3, 0.4) is 0 Å². The summed E-state index contributed by atoms with van der Waals surface area (Å²) in [4.78, 5) is 10.6. The summed E-state index contributed by atoms with van der Waals surface area (Å²) in [5, 5.41) is 10.9. The van der Waals surface area contributed by atoms with Gasteiger partial charge in [-0.25, -0.2) is 9.98 Å². The minimum atomic E-state index is -0.524. The predicted octanol–water partition coefficient (Wildman–Crippen LogP) is 13.6. The lowest BCUT2D eigenvalue weighted by Gasteiger charge is -2.26. The van der Waals surface area contributed by atoms with E-state index in [-0.39, 0.29) is 0 Å². The van der Waals surface area contributed by atoms with Crippen LogP contribution in [-0.2, 0) is 0 Å². The van der Waals surface area contributed by atoms with Gasteiger partial charge in [-0.1, -0.05) is 182 Å². The molecule has 296 valence electrons. The largest absolute Gasteiger partial charge is 0.331 e. The fraction of sp³-hybridized carbons (Fsp3) is 0.0175. The number of hydrogen-bond donors (Lipinski definition) is 1. The Bertz CT molecular complexity index is 3800. The van der Waals surface area contributed by atoms with Gasteiger partial charge in [0.15, 0.2) is 5.84 Å². The van der Waals surface area contributed by atoms with Crippen molar-refractivity contribution in [3.63, 3.8) is 0 Å². The molecule has 1 aliphatic rings. The van der Waals surface area contributed by atoms with Crippen molar-refractivity contribution in [2.75, 3.05) is 0 Å².